The summed E-state index contributed by atoms with van der Waals surface area (Å²) in [6.45, 7) is 4.33. The third-order valence-electron chi connectivity index (χ3n) is 3.82. The number of hydrogen-bond acceptors (Lipinski definition) is 3. The largest absolute Gasteiger partial charge is 0.496 e. The van der Waals surface area contributed by atoms with Gasteiger partial charge < -0.3 is 10.5 Å². The van der Waals surface area contributed by atoms with Crippen molar-refractivity contribution in [1.29, 1.82) is 0 Å². The maximum absolute atomic E-state index is 12.6. The Kier molecular flexibility index (Phi) is 4.63. The summed E-state index contributed by atoms with van der Waals surface area (Å²) in [5.41, 5.74) is 8.71. The average molecular weight is 283 g/mol. The smallest absolute Gasteiger partial charge is 0.196 e. The van der Waals surface area contributed by atoms with Crippen molar-refractivity contribution in [3.05, 3.63) is 59.2 Å². The number of hydrogen-bond donors (Lipinski definition) is 1. The lowest BCUT2D eigenvalue weighted by Gasteiger charge is -2.11. The van der Waals surface area contributed by atoms with Crippen LogP contribution in [-0.2, 0) is 0 Å². The second-order valence-corrected chi connectivity index (χ2v) is 5.22. The highest BCUT2D eigenvalue weighted by atomic mass is 16.5. The van der Waals surface area contributed by atoms with Crippen molar-refractivity contribution in [3.8, 4) is 5.75 Å². The lowest BCUT2D eigenvalue weighted by atomic mass is 9.95. The number of anilines is 1. The summed E-state index contributed by atoms with van der Waals surface area (Å²) < 4.78 is 5.25. The monoisotopic (exact) mass is 283 g/mol. The van der Waals surface area contributed by atoms with Crippen LogP contribution in [0.1, 0.15) is 47.7 Å². The predicted octanol–water partition coefficient (Wildman–Crippen LogP) is 4.02. The van der Waals surface area contributed by atoms with Crippen LogP contribution in [0.3, 0.4) is 0 Å². The summed E-state index contributed by atoms with van der Waals surface area (Å²) in [6.07, 6.45) is 1.08. The molecule has 2 N–H and O–H groups in total. The topological polar surface area (TPSA) is 52.3 Å². The number of ketones is 1. The standard InChI is InChI=1S/C18H21NO2/c1-4-12(2)13-5-7-14(8-6-13)18(20)16-11-15(19)9-10-17(16)21-3/h5-12H,4,19H2,1-3H3. The zero-order valence-electron chi connectivity index (χ0n) is 12.7. The summed E-state index contributed by atoms with van der Waals surface area (Å²) in [5.74, 6) is 0.964. The van der Waals surface area contributed by atoms with E-state index in [0.29, 0.717) is 28.5 Å². The number of rotatable bonds is 5. The molecule has 1 unspecified atom stereocenters. The highest BCUT2D eigenvalue weighted by molar-refractivity contribution is 6.11. The quantitative estimate of drug-likeness (QED) is 0.666. The van der Waals surface area contributed by atoms with E-state index in [4.69, 9.17) is 10.5 Å². The van der Waals surface area contributed by atoms with Gasteiger partial charge in [0, 0.05) is 11.3 Å². The molecular weight excluding hydrogens is 262 g/mol. The molecule has 0 saturated carbocycles. The zero-order chi connectivity index (χ0) is 15.4. The molecule has 0 radical (unpaired) electrons. The Bertz CT molecular complexity index is 632. The van der Waals surface area contributed by atoms with Gasteiger partial charge >= 0.3 is 0 Å². The minimum atomic E-state index is -0.0742. The first-order valence-electron chi connectivity index (χ1n) is 7.15. The number of carbonyl (C=O) groups is 1. The molecule has 0 aliphatic heterocycles. The molecule has 0 aliphatic carbocycles. The number of ether oxygens (including phenoxy) is 1. The minimum absolute atomic E-state index is 0.0742. The molecule has 0 heterocycles. The van der Waals surface area contributed by atoms with E-state index in [0.717, 1.165) is 6.42 Å². The summed E-state index contributed by atoms with van der Waals surface area (Å²) in [6, 6.07) is 12.9. The molecule has 0 fully saturated rings. The molecule has 3 heteroatoms. The maximum atomic E-state index is 12.6. The van der Waals surface area contributed by atoms with Crippen molar-refractivity contribution >= 4 is 11.5 Å². The lowest BCUT2D eigenvalue weighted by Crippen LogP contribution is -2.05. The van der Waals surface area contributed by atoms with Gasteiger partial charge in [0.2, 0.25) is 0 Å². The average Bonchev–Trinajstić information content (AvgIpc) is 2.53. The van der Waals surface area contributed by atoms with E-state index in [2.05, 4.69) is 13.8 Å². The molecular formula is C18H21NO2. The number of methoxy groups -OCH3 is 1. The Balaban J connectivity index is 2.34. The molecule has 0 saturated heterocycles. The van der Waals surface area contributed by atoms with Gasteiger partial charge in [0.1, 0.15) is 5.75 Å². The Morgan fingerprint density at radius 2 is 1.86 bits per heavy atom. The third kappa shape index (κ3) is 3.24. The van der Waals surface area contributed by atoms with E-state index >= 15 is 0 Å². The van der Waals surface area contributed by atoms with Gasteiger partial charge in [-0.25, -0.2) is 0 Å². The SMILES string of the molecule is CCC(C)c1ccc(C(=O)c2cc(N)ccc2OC)cc1. The molecule has 2 rings (SSSR count). The fourth-order valence-corrected chi connectivity index (χ4v) is 2.26. The van der Waals surface area contributed by atoms with Gasteiger partial charge in [0.15, 0.2) is 5.78 Å². The third-order valence-corrected chi connectivity index (χ3v) is 3.82. The van der Waals surface area contributed by atoms with E-state index in [1.54, 1.807) is 25.3 Å². The van der Waals surface area contributed by atoms with Crippen LogP contribution in [0.25, 0.3) is 0 Å². The number of carbonyl (C=O) groups excluding carboxylic acids is 1. The summed E-state index contributed by atoms with van der Waals surface area (Å²) in [7, 11) is 1.55. The predicted molar refractivity (Wildman–Crippen MR) is 86.0 cm³/mol. The van der Waals surface area contributed by atoms with Gasteiger partial charge in [-0.2, -0.15) is 0 Å². The van der Waals surface area contributed by atoms with E-state index in [9.17, 15) is 4.79 Å². The Labute approximate surface area is 125 Å². The number of nitrogens with two attached hydrogens (primary N) is 1. The highest BCUT2D eigenvalue weighted by Gasteiger charge is 2.15. The molecule has 0 bridgehead atoms. The van der Waals surface area contributed by atoms with Crippen LogP contribution < -0.4 is 10.5 Å². The Morgan fingerprint density at radius 3 is 2.43 bits per heavy atom. The van der Waals surface area contributed by atoms with Crippen molar-refractivity contribution in [2.75, 3.05) is 12.8 Å². The van der Waals surface area contributed by atoms with Crippen molar-refractivity contribution in [3.63, 3.8) is 0 Å². The van der Waals surface area contributed by atoms with Crippen LogP contribution in [-0.4, -0.2) is 12.9 Å². The van der Waals surface area contributed by atoms with Crippen LogP contribution in [0.15, 0.2) is 42.5 Å². The van der Waals surface area contributed by atoms with Gasteiger partial charge in [0.25, 0.3) is 0 Å². The van der Waals surface area contributed by atoms with Crippen LogP contribution in [0.2, 0.25) is 0 Å². The second kappa shape index (κ2) is 6.44. The summed E-state index contributed by atoms with van der Waals surface area (Å²) in [4.78, 5) is 12.6. The Hall–Kier alpha value is -2.29. The molecule has 0 amide bonds. The Morgan fingerprint density at radius 1 is 1.19 bits per heavy atom. The normalized spacial score (nSPS) is 12.0. The summed E-state index contributed by atoms with van der Waals surface area (Å²) >= 11 is 0. The lowest BCUT2D eigenvalue weighted by molar-refractivity contribution is 0.103. The van der Waals surface area contributed by atoms with Crippen LogP contribution in [0.5, 0.6) is 5.75 Å². The van der Waals surface area contributed by atoms with E-state index in [-0.39, 0.29) is 5.78 Å². The van der Waals surface area contributed by atoms with Crippen molar-refractivity contribution < 1.29 is 9.53 Å². The highest BCUT2D eigenvalue weighted by Crippen LogP contribution is 2.25. The second-order valence-electron chi connectivity index (χ2n) is 5.22. The van der Waals surface area contributed by atoms with Gasteiger partial charge in [-0.05, 0) is 36.1 Å². The van der Waals surface area contributed by atoms with E-state index < -0.39 is 0 Å². The maximum Gasteiger partial charge on any atom is 0.196 e. The first-order valence-corrected chi connectivity index (χ1v) is 7.15. The van der Waals surface area contributed by atoms with Crippen molar-refractivity contribution in [2.45, 2.75) is 26.2 Å². The molecule has 0 aromatic heterocycles. The molecule has 0 spiro atoms. The van der Waals surface area contributed by atoms with E-state index in [1.165, 1.54) is 5.56 Å². The first-order chi connectivity index (χ1) is 10.1. The zero-order valence-corrected chi connectivity index (χ0v) is 12.7. The fourth-order valence-electron chi connectivity index (χ4n) is 2.26. The van der Waals surface area contributed by atoms with Gasteiger partial charge in [-0.3, -0.25) is 4.79 Å². The number of nitrogen functional groups attached to an aromatic ring is 1. The van der Waals surface area contributed by atoms with E-state index in [1.807, 2.05) is 24.3 Å². The molecule has 1 atom stereocenters. The van der Waals surface area contributed by atoms with Crippen LogP contribution >= 0.6 is 0 Å². The molecule has 0 aliphatic rings. The molecule has 2 aromatic carbocycles. The molecule has 110 valence electrons. The van der Waals surface area contributed by atoms with Crippen molar-refractivity contribution in [2.24, 2.45) is 0 Å². The van der Waals surface area contributed by atoms with Gasteiger partial charge in [-0.1, -0.05) is 38.1 Å². The van der Waals surface area contributed by atoms with Crippen LogP contribution in [0, 0.1) is 0 Å². The molecule has 21 heavy (non-hydrogen) atoms. The van der Waals surface area contributed by atoms with Crippen LogP contribution in [0.4, 0.5) is 5.69 Å². The van der Waals surface area contributed by atoms with Gasteiger partial charge in [0.05, 0.1) is 12.7 Å². The molecule has 2 aromatic rings. The first kappa shape index (κ1) is 15.1. The van der Waals surface area contributed by atoms with Crippen molar-refractivity contribution in [1.82, 2.24) is 0 Å². The minimum Gasteiger partial charge on any atom is -0.496 e. The molecule has 3 nitrogen and oxygen atoms in total. The number of benzene rings is 2. The fraction of sp³-hybridized carbons (Fsp3) is 0.278. The summed E-state index contributed by atoms with van der Waals surface area (Å²) in [5, 5.41) is 0. The van der Waals surface area contributed by atoms with Gasteiger partial charge in [-0.15, -0.1) is 0 Å².